The third-order valence-corrected chi connectivity index (χ3v) is 4.02. The highest BCUT2D eigenvalue weighted by Crippen LogP contribution is 2.18. The molecule has 0 fully saturated rings. The van der Waals surface area contributed by atoms with Crippen LogP contribution in [0.2, 0.25) is 0 Å². The summed E-state index contributed by atoms with van der Waals surface area (Å²) in [5.74, 6) is -1.18. The number of anilines is 1. The Bertz CT molecular complexity index is 785. The molecule has 4 N–H and O–H groups in total. The van der Waals surface area contributed by atoms with E-state index >= 15 is 0 Å². The maximum atomic E-state index is 13.4. The monoisotopic (exact) mass is 311 g/mol. The molecule has 1 aromatic heterocycles. The molecular formula is C12H14FN5O2S. The van der Waals surface area contributed by atoms with E-state index in [0.717, 1.165) is 12.1 Å². The van der Waals surface area contributed by atoms with Gasteiger partial charge in [0, 0.05) is 18.4 Å². The van der Waals surface area contributed by atoms with Gasteiger partial charge in [-0.2, -0.15) is 8.42 Å². The normalized spacial score (nSPS) is 11.3. The Labute approximate surface area is 121 Å². The zero-order valence-electron chi connectivity index (χ0n) is 11.2. The van der Waals surface area contributed by atoms with Crippen molar-refractivity contribution in [1.82, 2.24) is 9.55 Å². The molecule has 2 rings (SSSR count). The molecule has 0 atom stereocenters. The molecule has 0 aliphatic rings. The Morgan fingerprint density at radius 3 is 2.81 bits per heavy atom. The van der Waals surface area contributed by atoms with Gasteiger partial charge in [-0.05, 0) is 25.1 Å². The molecule has 0 unspecified atom stereocenters. The molecule has 1 heterocycles. The Balaban J connectivity index is 2.32. The van der Waals surface area contributed by atoms with Crippen LogP contribution in [0.25, 0.3) is 0 Å². The lowest BCUT2D eigenvalue weighted by Crippen LogP contribution is -2.16. The van der Waals surface area contributed by atoms with E-state index in [9.17, 15) is 12.8 Å². The standard InChI is InChI=1S/C12H14FN5O2S/c1-2-18-6-11(16-7-18)21(19,20)17-8-3-4-10(13)9(5-8)12(14)15/h3-7,17H,2H2,1H3,(H3,14,15). The van der Waals surface area contributed by atoms with Crippen molar-refractivity contribution in [3.63, 3.8) is 0 Å². The van der Waals surface area contributed by atoms with Gasteiger partial charge >= 0.3 is 0 Å². The third-order valence-electron chi connectivity index (χ3n) is 2.76. The SMILES string of the molecule is CCn1cnc(S(=O)(=O)Nc2ccc(F)c(C(=N)N)c2)c1. The van der Waals surface area contributed by atoms with Crippen LogP contribution in [0.15, 0.2) is 35.7 Å². The molecule has 0 radical (unpaired) electrons. The topological polar surface area (TPSA) is 114 Å². The third kappa shape index (κ3) is 3.19. The molecule has 1 aromatic carbocycles. The molecule has 0 saturated heterocycles. The number of rotatable bonds is 5. The number of hydrogen-bond donors (Lipinski definition) is 3. The highest BCUT2D eigenvalue weighted by molar-refractivity contribution is 7.92. The first-order valence-electron chi connectivity index (χ1n) is 6.02. The lowest BCUT2D eigenvalue weighted by atomic mass is 10.2. The van der Waals surface area contributed by atoms with Gasteiger partial charge in [0.15, 0.2) is 5.03 Å². The van der Waals surface area contributed by atoms with Crippen LogP contribution >= 0.6 is 0 Å². The highest BCUT2D eigenvalue weighted by Gasteiger charge is 2.18. The Morgan fingerprint density at radius 1 is 1.52 bits per heavy atom. The van der Waals surface area contributed by atoms with Crippen LogP contribution in [0.4, 0.5) is 10.1 Å². The fourth-order valence-corrected chi connectivity index (χ4v) is 2.66. The number of amidine groups is 1. The van der Waals surface area contributed by atoms with E-state index < -0.39 is 21.7 Å². The number of nitrogen functional groups attached to an aromatic ring is 1. The summed E-state index contributed by atoms with van der Waals surface area (Å²) in [6.45, 7) is 2.44. The van der Waals surface area contributed by atoms with Crippen molar-refractivity contribution in [2.24, 2.45) is 5.73 Å². The molecule has 0 aliphatic carbocycles. The number of benzene rings is 1. The minimum Gasteiger partial charge on any atom is -0.384 e. The number of nitrogens with two attached hydrogens (primary N) is 1. The molecule has 0 bridgehead atoms. The van der Waals surface area contributed by atoms with E-state index in [2.05, 4.69) is 9.71 Å². The Kier molecular flexibility index (Phi) is 3.94. The van der Waals surface area contributed by atoms with Crippen molar-refractivity contribution >= 4 is 21.5 Å². The maximum Gasteiger partial charge on any atom is 0.280 e. The summed E-state index contributed by atoms with van der Waals surface area (Å²) >= 11 is 0. The number of nitrogens with zero attached hydrogens (tertiary/aromatic N) is 2. The smallest absolute Gasteiger partial charge is 0.280 e. The molecule has 9 heteroatoms. The van der Waals surface area contributed by atoms with Crippen molar-refractivity contribution in [2.75, 3.05) is 4.72 Å². The van der Waals surface area contributed by atoms with E-state index in [-0.39, 0.29) is 16.3 Å². The van der Waals surface area contributed by atoms with Gasteiger partial charge in [0.05, 0.1) is 11.9 Å². The van der Waals surface area contributed by atoms with Crippen LogP contribution in [-0.2, 0) is 16.6 Å². The van der Waals surface area contributed by atoms with Crippen molar-refractivity contribution in [1.29, 1.82) is 5.41 Å². The number of hydrogen-bond acceptors (Lipinski definition) is 4. The molecular weight excluding hydrogens is 297 g/mol. The van der Waals surface area contributed by atoms with Crippen LogP contribution in [0.1, 0.15) is 12.5 Å². The second-order valence-corrected chi connectivity index (χ2v) is 5.89. The average molecular weight is 311 g/mol. The van der Waals surface area contributed by atoms with E-state index in [0.29, 0.717) is 6.54 Å². The van der Waals surface area contributed by atoms with E-state index in [1.165, 1.54) is 18.6 Å². The van der Waals surface area contributed by atoms with Gasteiger partial charge in [-0.15, -0.1) is 0 Å². The summed E-state index contributed by atoms with van der Waals surface area (Å²) < 4.78 is 41.6. The van der Waals surface area contributed by atoms with Crippen LogP contribution in [-0.4, -0.2) is 23.8 Å². The van der Waals surface area contributed by atoms with Crippen LogP contribution in [0.5, 0.6) is 0 Å². The fraction of sp³-hybridized carbons (Fsp3) is 0.167. The lowest BCUT2D eigenvalue weighted by molar-refractivity contribution is 0.597. The summed E-state index contributed by atoms with van der Waals surface area (Å²) in [5, 5.41) is 7.10. The van der Waals surface area contributed by atoms with Crippen molar-refractivity contribution in [3.05, 3.63) is 42.1 Å². The zero-order chi connectivity index (χ0) is 15.6. The quantitative estimate of drug-likeness (QED) is 0.567. The van der Waals surface area contributed by atoms with Gasteiger partial charge in [0.25, 0.3) is 10.0 Å². The first-order valence-corrected chi connectivity index (χ1v) is 7.50. The number of nitrogens with one attached hydrogen (secondary N) is 2. The molecule has 0 spiro atoms. The second kappa shape index (κ2) is 5.52. The zero-order valence-corrected chi connectivity index (χ0v) is 12.0. The van der Waals surface area contributed by atoms with Gasteiger partial charge in [-0.3, -0.25) is 10.1 Å². The number of aryl methyl sites for hydroxylation is 1. The summed E-state index contributed by atoms with van der Waals surface area (Å²) in [4.78, 5) is 3.80. The van der Waals surface area contributed by atoms with Crippen molar-refractivity contribution < 1.29 is 12.8 Å². The van der Waals surface area contributed by atoms with Gasteiger partial charge < -0.3 is 10.3 Å². The maximum absolute atomic E-state index is 13.4. The number of sulfonamides is 1. The second-order valence-electron chi connectivity index (χ2n) is 4.26. The number of imidazole rings is 1. The fourth-order valence-electron chi connectivity index (χ4n) is 1.65. The molecule has 0 saturated carbocycles. The van der Waals surface area contributed by atoms with Crippen LogP contribution in [0, 0.1) is 11.2 Å². The molecule has 21 heavy (non-hydrogen) atoms. The minimum atomic E-state index is -3.87. The minimum absolute atomic E-state index is 0.104. The predicted octanol–water partition coefficient (Wildman–Crippen LogP) is 1.13. The van der Waals surface area contributed by atoms with E-state index in [1.54, 1.807) is 4.57 Å². The molecule has 2 aromatic rings. The van der Waals surface area contributed by atoms with Crippen LogP contribution in [0.3, 0.4) is 0 Å². The molecule has 7 nitrogen and oxygen atoms in total. The highest BCUT2D eigenvalue weighted by atomic mass is 32.2. The van der Waals surface area contributed by atoms with Crippen molar-refractivity contribution in [2.45, 2.75) is 18.5 Å². The van der Waals surface area contributed by atoms with Gasteiger partial charge in [-0.25, -0.2) is 9.37 Å². The average Bonchev–Trinajstić information content (AvgIpc) is 2.90. The summed E-state index contributed by atoms with van der Waals surface area (Å²) in [6.07, 6.45) is 2.79. The van der Waals surface area contributed by atoms with Gasteiger partial charge in [-0.1, -0.05) is 0 Å². The predicted molar refractivity (Wildman–Crippen MR) is 76.1 cm³/mol. The first kappa shape index (κ1) is 15.0. The Morgan fingerprint density at radius 2 is 2.24 bits per heavy atom. The van der Waals surface area contributed by atoms with Gasteiger partial charge in [0.1, 0.15) is 11.7 Å². The molecule has 0 amide bonds. The molecule has 112 valence electrons. The number of aromatic nitrogens is 2. The van der Waals surface area contributed by atoms with Crippen molar-refractivity contribution in [3.8, 4) is 0 Å². The summed E-state index contributed by atoms with van der Waals surface area (Å²) in [6, 6.07) is 3.45. The number of halogens is 1. The Hall–Kier alpha value is -2.42. The largest absolute Gasteiger partial charge is 0.384 e. The van der Waals surface area contributed by atoms with E-state index in [1.807, 2.05) is 6.92 Å². The summed E-state index contributed by atoms with van der Waals surface area (Å²) in [5.41, 5.74) is 5.16. The van der Waals surface area contributed by atoms with Gasteiger partial charge in [0.2, 0.25) is 0 Å². The molecule has 0 aliphatic heterocycles. The first-order chi connectivity index (χ1) is 9.83. The van der Waals surface area contributed by atoms with Crippen LogP contribution < -0.4 is 10.5 Å². The lowest BCUT2D eigenvalue weighted by Gasteiger charge is -2.08. The summed E-state index contributed by atoms with van der Waals surface area (Å²) in [7, 11) is -3.87. The van der Waals surface area contributed by atoms with E-state index in [4.69, 9.17) is 11.1 Å².